The SMILES string of the molecule is Cc1cc(Br)ccc1C(=O)N1CCCC(CNC(C)C)C1. The van der Waals surface area contributed by atoms with Gasteiger partial charge in [0.1, 0.15) is 0 Å². The van der Waals surface area contributed by atoms with E-state index in [1.165, 1.54) is 6.42 Å². The van der Waals surface area contributed by atoms with Crippen LogP contribution in [0.3, 0.4) is 0 Å². The molecule has 1 aromatic carbocycles. The highest BCUT2D eigenvalue weighted by atomic mass is 79.9. The molecule has 1 fully saturated rings. The second-order valence-corrected chi connectivity index (χ2v) is 7.20. The van der Waals surface area contributed by atoms with Crippen molar-refractivity contribution in [3.63, 3.8) is 0 Å². The molecule has 1 N–H and O–H groups in total. The van der Waals surface area contributed by atoms with Gasteiger partial charge in [-0.2, -0.15) is 0 Å². The first-order valence-electron chi connectivity index (χ1n) is 7.76. The molecule has 0 aromatic heterocycles. The molecule has 0 bridgehead atoms. The molecule has 0 aliphatic carbocycles. The van der Waals surface area contributed by atoms with E-state index in [-0.39, 0.29) is 5.91 Å². The Labute approximate surface area is 136 Å². The predicted molar refractivity (Wildman–Crippen MR) is 90.6 cm³/mol. The first kappa shape index (κ1) is 16.5. The third-order valence-electron chi connectivity index (χ3n) is 4.04. The topological polar surface area (TPSA) is 32.3 Å². The van der Waals surface area contributed by atoms with Crippen LogP contribution in [0.5, 0.6) is 0 Å². The van der Waals surface area contributed by atoms with Crippen LogP contribution in [-0.2, 0) is 0 Å². The first-order valence-corrected chi connectivity index (χ1v) is 8.55. The molecule has 116 valence electrons. The van der Waals surface area contributed by atoms with Crippen LogP contribution >= 0.6 is 15.9 Å². The minimum Gasteiger partial charge on any atom is -0.338 e. The molecular weight excluding hydrogens is 328 g/mol. The van der Waals surface area contributed by atoms with Gasteiger partial charge in [0.05, 0.1) is 0 Å². The molecule has 0 radical (unpaired) electrons. The maximum atomic E-state index is 12.7. The Morgan fingerprint density at radius 2 is 2.24 bits per heavy atom. The van der Waals surface area contributed by atoms with Crippen LogP contribution in [0.1, 0.15) is 42.6 Å². The van der Waals surface area contributed by atoms with Crippen LogP contribution < -0.4 is 5.32 Å². The fourth-order valence-electron chi connectivity index (χ4n) is 2.86. The molecule has 4 heteroatoms. The van der Waals surface area contributed by atoms with Crippen molar-refractivity contribution in [2.45, 2.75) is 39.7 Å². The molecular formula is C17H25BrN2O. The van der Waals surface area contributed by atoms with E-state index >= 15 is 0 Å². The van der Waals surface area contributed by atoms with Gasteiger partial charge in [0.25, 0.3) is 5.91 Å². The van der Waals surface area contributed by atoms with E-state index in [0.29, 0.717) is 12.0 Å². The van der Waals surface area contributed by atoms with Gasteiger partial charge < -0.3 is 10.2 Å². The van der Waals surface area contributed by atoms with Crippen LogP contribution in [-0.4, -0.2) is 36.5 Å². The second kappa shape index (κ2) is 7.41. The zero-order valence-corrected chi connectivity index (χ0v) is 14.7. The summed E-state index contributed by atoms with van der Waals surface area (Å²) in [6.45, 7) is 9.08. The number of amides is 1. The Kier molecular flexibility index (Phi) is 5.82. The Bertz CT molecular complexity index is 502. The Balaban J connectivity index is 2.01. The van der Waals surface area contributed by atoms with Gasteiger partial charge in [-0.15, -0.1) is 0 Å². The highest BCUT2D eigenvalue weighted by molar-refractivity contribution is 9.10. The van der Waals surface area contributed by atoms with Crippen molar-refractivity contribution in [3.05, 3.63) is 33.8 Å². The van der Waals surface area contributed by atoms with Crippen molar-refractivity contribution in [1.29, 1.82) is 0 Å². The van der Waals surface area contributed by atoms with Crippen LogP contribution in [0.15, 0.2) is 22.7 Å². The summed E-state index contributed by atoms with van der Waals surface area (Å²) in [6, 6.07) is 6.39. The van der Waals surface area contributed by atoms with E-state index < -0.39 is 0 Å². The molecule has 1 atom stereocenters. The van der Waals surface area contributed by atoms with Crippen molar-refractivity contribution in [2.24, 2.45) is 5.92 Å². The number of likely N-dealkylation sites (tertiary alicyclic amines) is 1. The number of benzene rings is 1. The average molecular weight is 353 g/mol. The number of carbonyl (C=O) groups excluding carboxylic acids is 1. The minimum absolute atomic E-state index is 0.175. The van der Waals surface area contributed by atoms with Crippen molar-refractivity contribution in [1.82, 2.24) is 10.2 Å². The lowest BCUT2D eigenvalue weighted by Crippen LogP contribution is -2.43. The number of nitrogens with one attached hydrogen (secondary N) is 1. The normalized spacial score (nSPS) is 19.1. The fraction of sp³-hybridized carbons (Fsp3) is 0.588. The van der Waals surface area contributed by atoms with Gasteiger partial charge in [0.15, 0.2) is 0 Å². The maximum absolute atomic E-state index is 12.7. The molecule has 1 saturated heterocycles. The molecule has 21 heavy (non-hydrogen) atoms. The van der Waals surface area contributed by atoms with Crippen LogP contribution in [0.4, 0.5) is 0 Å². The van der Waals surface area contributed by atoms with Gasteiger partial charge in [-0.05, 0) is 56.0 Å². The summed E-state index contributed by atoms with van der Waals surface area (Å²) in [5.74, 6) is 0.745. The quantitative estimate of drug-likeness (QED) is 0.897. The van der Waals surface area contributed by atoms with Gasteiger partial charge in [-0.1, -0.05) is 29.8 Å². The molecule has 1 unspecified atom stereocenters. The lowest BCUT2D eigenvalue weighted by Gasteiger charge is -2.33. The molecule has 3 nitrogen and oxygen atoms in total. The molecule has 0 spiro atoms. The predicted octanol–water partition coefficient (Wildman–Crippen LogP) is 3.61. The van der Waals surface area contributed by atoms with E-state index in [9.17, 15) is 4.79 Å². The number of hydrogen-bond donors (Lipinski definition) is 1. The van der Waals surface area contributed by atoms with Gasteiger partial charge >= 0.3 is 0 Å². The summed E-state index contributed by atoms with van der Waals surface area (Å²) in [4.78, 5) is 14.7. The van der Waals surface area contributed by atoms with E-state index in [1.54, 1.807) is 0 Å². The Hall–Kier alpha value is -0.870. The third kappa shape index (κ3) is 4.55. The number of halogens is 1. The van der Waals surface area contributed by atoms with Gasteiger partial charge in [-0.3, -0.25) is 4.79 Å². The van der Waals surface area contributed by atoms with Crippen molar-refractivity contribution >= 4 is 21.8 Å². The van der Waals surface area contributed by atoms with Crippen LogP contribution in [0.2, 0.25) is 0 Å². The molecule has 1 heterocycles. The maximum Gasteiger partial charge on any atom is 0.254 e. The van der Waals surface area contributed by atoms with Gasteiger partial charge in [-0.25, -0.2) is 0 Å². The summed E-state index contributed by atoms with van der Waals surface area (Å²) in [7, 11) is 0. The summed E-state index contributed by atoms with van der Waals surface area (Å²) >= 11 is 3.45. The highest BCUT2D eigenvalue weighted by Crippen LogP contribution is 2.21. The Morgan fingerprint density at radius 3 is 2.90 bits per heavy atom. The second-order valence-electron chi connectivity index (χ2n) is 6.28. The van der Waals surface area contributed by atoms with E-state index in [2.05, 4.69) is 35.1 Å². The Morgan fingerprint density at radius 1 is 1.48 bits per heavy atom. The zero-order valence-electron chi connectivity index (χ0n) is 13.2. The molecule has 1 aliphatic rings. The number of nitrogens with zero attached hydrogens (tertiary/aromatic N) is 1. The molecule has 1 aliphatic heterocycles. The highest BCUT2D eigenvalue weighted by Gasteiger charge is 2.25. The number of carbonyl (C=O) groups is 1. The third-order valence-corrected chi connectivity index (χ3v) is 4.53. The molecule has 1 aromatic rings. The lowest BCUT2D eigenvalue weighted by atomic mass is 9.96. The number of hydrogen-bond acceptors (Lipinski definition) is 2. The number of aryl methyl sites for hydroxylation is 1. The first-order chi connectivity index (χ1) is 9.97. The summed E-state index contributed by atoms with van der Waals surface area (Å²) < 4.78 is 1.02. The lowest BCUT2D eigenvalue weighted by molar-refractivity contribution is 0.0671. The minimum atomic E-state index is 0.175. The number of piperidine rings is 1. The van der Waals surface area contributed by atoms with Crippen molar-refractivity contribution in [2.75, 3.05) is 19.6 Å². The summed E-state index contributed by atoms with van der Waals surface area (Å²) in [5, 5.41) is 3.49. The van der Waals surface area contributed by atoms with Crippen LogP contribution in [0.25, 0.3) is 0 Å². The van der Waals surface area contributed by atoms with E-state index in [0.717, 1.165) is 41.7 Å². The van der Waals surface area contributed by atoms with E-state index in [4.69, 9.17) is 0 Å². The zero-order chi connectivity index (χ0) is 15.4. The van der Waals surface area contributed by atoms with E-state index in [1.807, 2.05) is 30.0 Å². The molecule has 1 amide bonds. The fourth-order valence-corrected chi connectivity index (χ4v) is 3.33. The summed E-state index contributed by atoms with van der Waals surface area (Å²) in [5.41, 5.74) is 1.87. The molecule has 0 saturated carbocycles. The van der Waals surface area contributed by atoms with Crippen LogP contribution in [0, 0.1) is 12.8 Å². The average Bonchev–Trinajstić information content (AvgIpc) is 2.45. The standard InChI is InChI=1S/C17H25BrN2O/c1-12(2)19-10-14-5-4-8-20(11-14)17(21)16-7-6-15(18)9-13(16)3/h6-7,9,12,14,19H,4-5,8,10-11H2,1-3H3. The van der Waals surface area contributed by atoms with Crippen molar-refractivity contribution < 1.29 is 4.79 Å². The van der Waals surface area contributed by atoms with Gasteiger partial charge in [0, 0.05) is 29.2 Å². The van der Waals surface area contributed by atoms with Crippen molar-refractivity contribution in [3.8, 4) is 0 Å². The summed E-state index contributed by atoms with van der Waals surface area (Å²) in [6.07, 6.45) is 2.31. The monoisotopic (exact) mass is 352 g/mol. The van der Waals surface area contributed by atoms with Gasteiger partial charge in [0.2, 0.25) is 0 Å². The largest absolute Gasteiger partial charge is 0.338 e. The number of rotatable bonds is 4. The molecule has 2 rings (SSSR count). The smallest absolute Gasteiger partial charge is 0.254 e.